The van der Waals surface area contributed by atoms with Crippen LogP contribution in [0.4, 0.5) is 0 Å². The Balaban J connectivity index is 1.86. The molecular weight excluding hydrogens is 284 g/mol. The van der Waals surface area contributed by atoms with E-state index in [0.29, 0.717) is 37.6 Å². The van der Waals surface area contributed by atoms with E-state index >= 15 is 0 Å². The highest BCUT2D eigenvalue weighted by atomic mass is 16.5. The lowest BCUT2D eigenvalue weighted by Crippen LogP contribution is -2.26. The monoisotopic (exact) mass is 304 g/mol. The maximum atomic E-state index is 11.6. The zero-order chi connectivity index (χ0) is 15.8. The number of carbonyl (C=O) groups is 1. The van der Waals surface area contributed by atoms with Crippen LogP contribution in [0.3, 0.4) is 0 Å². The topological polar surface area (TPSA) is 103 Å². The summed E-state index contributed by atoms with van der Waals surface area (Å²) in [5.74, 6) is 1.67. The number of hydrogen-bond acceptors (Lipinski definition) is 6. The quantitative estimate of drug-likeness (QED) is 0.709. The van der Waals surface area contributed by atoms with Crippen molar-refractivity contribution < 1.29 is 14.1 Å². The molecule has 0 fully saturated rings. The van der Waals surface area contributed by atoms with Crippen LogP contribution in [0.25, 0.3) is 11.4 Å². The summed E-state index contributed by atoms with van der Waals surface area (Å²) in [5, 5.41) is 6.70. The van der Waals surface area contributed by atoms with Crippen LogP contribution in [0.2, 0.25) is 0 Å². The van der Waals surface area contributed by atoms with Crippen molar-refractivity contribution in [2.75, 3.05) is 20.2 Å². The molecule has 1 amide bonds. The van der Waals surface area contributed by atoms with Crippen LogP contribution < -0.4 is 15.8 Å². The zero-order valence-corrected chi connectivity index (χ0v) is 12.5. The van der Waals surface area contributed by atoms with Crippen molar-refractivity contribution in [1.29, 1.82) is 0 Å². The first-order valence-electron chi connectivity index (χ1n) is 7.16. The Kier molecular flexibility index (Phi) is 5.91. The normalized spacial score (nSPS) is 10.5. The van der Waals surface area contributed by atoms with Crippen molar-refractivity contribution in [2.45, 2.75) is 19.3 Å². The minimum Gasteiger partial charge on any atom is -0.497 e. The number of rotatable bonds is 8. The minimum absolute atomic E-state index is 0.0438. The first-order chi connectivity index (χ1) is 10.7. The summed E-state index contributed by atoms with van der Waals surface area (Å²) < 4.78 is 10.3. The van der Waals surface area contributed by atoms with Gasteiger partial charge in [-0.2, -0.15) is 4.98 Å². The Labute approximate surface area is 128 Å². The molecule has 0 aliphatic heterocycles. The van der Waals surface area contributed by atoms with Gasteiger partial charge in [0.05, 0.1) is 7.11 Å². The first kappa shape index (κ1) is 16.0. The third kappa shape index (κ3) is 4.56. The van der Waals surface area contributed by atoms with Crippen molar-refractivity contribution in [3.63, 3.8) is 0 Å². The average Bonchev–Trinajstić information content (AvgIpc) is 3.02. The van der Waals surface area contributed by atoms with Gasteiger partial charge in [-0.1, -0.05) is 5.16 Å². The van der Waals surface area contributed by atoms with Gasteiger partial charge in [-0.3, -0.25) is 4.79 Å². The molecule has 7 nitrogen and oxygen atoms in total. The molecular formula is C15H20N4O3. The Morgan fingerprint density at radius 1 is 1.36 bits per heavy atom. The molecule has 2 rings (SSSR count). The highest BCUT2D eigenvalue weighted by Crippen LogP contribution is 2.19. The summed E-state index contributed by atoms with van der Waals surface area (Å²) in [5.41, 5.74) is 6.20. The fraction of sp³-hybridized carbons (Fsp3) is 0.400. The summed E-state index contributed by atoms with van der Waals surface area (Å²) in [7, 11) is 1.61. The van der Waals surface area contributed by atoms with E-state index in [1.165, 1.54) is 0 Å². The number of nitrogens with zero attached hydrogens (tertiary/aromatic N) is 2. The number of nitrogens with one attached hydrogen (secondary N) is 1. The molecule has 0 unspecified atom stereocenters. The predicted molar refractivity (Wildman–Crippen MR) is 81.3 cm³/mol. The molecule has 0 aliphatic rings. The molecule has 1 aromatic heterocycles. The van der Waals surface area contributed by atoms with E-state index in [0.717, 1.165) is 17.7 Å². The highest BCUT2D eigenvalue weighted by Gasteiger charge is 2.10. The molecule has 0 radical (unpaired) electrons. The molecule has 118 valence electrons. The maximum Gasteiger partial charge on any atom is 0.227 e. The van der Waals surface area contributed by atoms with Gasteiger partial charge in [0, 0.05) is 24.9 Å². The number of aromatic nitrogens is 2. The van der Waals surface area contributed by atoms with E-state index in [2.05, 4.69) is 15.5 Å². The van der Waals surface area contributed by atoms with Gasteiger partial charge in [0.2, 0.25) is 17.6 Å². The highest BCUT2D eigenvalue weighted by molar-refractivity contribution is 5.75. The van der Waals surface area contributed by atoms with Crippen molar-refractivity contribution in [2.24, 2.45) is 5.73 Å². The first-order valence-corrected chi connectivity index (χ1v) is 7.16. The average molecular weight is 304 g/mol. The summed E-state index contributed by atoms with van der Waals surface area (Å²) in [6.07, 6.45) is 1.50. The zero-order valence-electron chi connectivity index (χ0n) is 12.5. The van der Waals surface area contributed by atoms with Crippen LogP contribution in [0.5, 0.6) is 5.75 Å². The van der Waals surface area contributed by atoms with Gasteiger partial charge < -0.3 is 20.3 Å². The number of ether oxygens (including phenoxy) is 1. The van der Waals surface area contributed by atoms with Gasteiger partial charge in [0.15, 0.2) is 0 Å². The van der Waals surface area contributed by atoms with Crippen molar-refractivity contribution >= 4 is 5.91 Å². The lowest BCUT2D eigenvalue weighted by Gasteiger charge is -2.01. The van der Waals surface area contributed by atoms with Gasteiger partial charge >= 0.3 is 0 Å². The van der Waals surface area contributed by atoms with Gasteiger partial charge in [0.1, 0.15) is 5.75 Å². The molecule has 0 bridgehead atoms. The molecule has 1 heterocycles. The summed E-state index contributed by atoms with van der Waals surface area (Å²) in [6, 6.07) is 7.37. The van der Waals surface area contributed by atoms with Crippen molar-refractivity contribution in [1.82, 2.24) is 15.5 Å². The molecule has 3 N–H and O–H groups in total. The van der Waals surface area contributed by atoms with Crippen LogP contribution in [0, 0.1) is 0 Å². The second-order valence-electron chi connectivity index (χ2n) is 4.73. The fourth-order valence-corrected chi connectivity index (χ4v) is 1.85. The summed E-state index contributed by atoms with van der Waals surface area (Å²) in [6.45, 7) is 1.16. The molecule has 2 aromatic rings. The number of benzene rings is 1. The van der Waals surface area contributed by atoms with E-state index in [1.807, 2.05) is 24.3 Å². The Morgan fingerprint density at radius 3 is 2.82 bits per heavy atom. The van der Waals surface area contributed by atoms with E-state index in [9.17, 15) is 4.79 Å². The van der Waals surface area contributed by atoms with Crippen LogP contribution >= 0.6 is 0 Å². The number of nitrogens with two attached hydrogens (primary N) is 1. The van der Waals surface area contributed by atoms with Crippen LogP contribution in [0.1, 0.15) is 18.7 Å². The Morgan fingerprint density at radius 2 is 2.14 bits per heavy atom. The summed E-state index contributed by atoms with van der Waals surface area (Å²) in [4.78, 5) is 15.9. The van der Waals surface area contributed by atoms with E-state index < -0.39 is 0 Å². The number of hydrogen-bond donors (Lipinski definition) is 2. The Hall–Kier alpha value is -2.41. The van der Waals surface area contributed by atoms with Gasteiger partial charge in [-0.25, -0.2) is 0 Å². The second-order valence-corrected chi connectivity index (χ2v) is 4.73. The second kappa shape index (κ2) is 8.14. The van der Waals surface area contributed by atoms with E-state index in [1.54, 1.807) is 7.11 Å². The third-order valence-corrected chi connectivity index (χ3v) is 3.09. The lowest BCUT2D eigenvalue weighted by atomic mass is 10.2. The number of aryl methyl sites for hydroxylation is 1. The van der Waals surface area contributed by atoms with Crippen LogP contribution in [0.15, 0.2) is 28.8 Å². The van der Waals surface area contributed by atoms with Crippen LogP contribution in [-0.4, -0.2) is 36.2 Å². The third-order valence-electron chi connectivity index (χ3n) is 3.09. The standard InChI is InChI=1S/C15H20N4O3/c1-21-12-5-3-11(4-6-12)15-18-14(22-19-15)8-7-13(20)17-10-2-9-16/h3-6H,2,7-10,16H2,1H3,(H,17,20). The molecule has 0 saturated carbocycles. The van der Waals surface area contributed by atoms with Gasteiger partial charge in [-0.15, -0.1) is 0 Å². The number of carbonyl (C=O) groups excluding carboxylic acids is 1. The minimum atomic E-state index is -0.0438. The smallest absolute Gasteiger partial charge is 0.227 e. The summed E-state index contributed by atoms with van der Waals surface area (Å²) >= 11 is 0. The van der Waals surface area contributed by atoms with Gasteiger partial charge in [0.25, 0.3) is 0 Å². The molecule has 1 aromatic carbocycles. The molecule has 0 aliphatic carbocycles. The maximum absolute atomic E-state index is 11.6. The van der Waals surface area contributed by atoms with E-state index in [4.69, 9.17) is 15.0 Å². The SMILES string of the molecule is COc1ccc(-c2noc(CCC(=O)NCCCN)n2)cc1. The molecule has 0 atom stereocenters. The van der Waals surface area contributed by atoms with Crippen molar-refractivity contribution in [3.05, 3.63) is 30.2 Å². The molecule has 22 heavy (non-hydrogen) atoms. The fourth-order valence-electron chi connectivity index (χ4n) is 1.85. The lowest BCUT2D eigenvalue weighted by molar-refractivity contribution is -0.121. The van der Waals surface area contributed by atoms with E-state index in [-0.39, 0.29) is 5.91 Å². The van der Waals surface area contributed by atoms with Crippen molar-refractivity contribution in [3.8, 4) is 17.1 Å². The van der Waals surface area contributed by atoms with Crippen LogP contribution in [-0.2, 0) is 11.2 Å². The predicted octanol–water partition coefficient (Wildman–Crippen LogP) is 1.14. The largest absolute Gasteiger partial charge is 0.497 e. The molecule has 7 heteroatoms. The Bertz CT molecular complexity index is 595. The number of methoxy groups -OCH3 is 1. The van der Waals surface area contributed by atoms with Gasteiger partial charge in [-0.05, 0) is 37.2 Å². The number of amides is 1. The molecule has 0 saturated heterocycles. The molecule has 0 spiro atoms.